The van der Waals surface area contributed by atoms with Gasteiger partial charge in [0.25, 0.3) is 0 Å². The Hall–Kier alpha value is -2.38. The molecule has 21 heavy (non-hydrogen) atoms. The molecule has 0 aliphatic carbocycles. The fourth-order valence-electron chi connectivity index (χ4n) is 2.14. The van der Waals surface area contributed by atoms with Crippen LogP contribution in [0.4, 0.5) is 20.6 Å². The van der Waals surface area contributed by atoms with Crippen LogP contribution in [0.15, 0.2) is 42.5 Å². The second-order valence-corrected chi connectivity index (χ2v) is 4.64. The number of amides is 2. The summed E-state index contributed by atoms with van der Waals surface area (Å²) < 4.78 is 18.5. The third-order valence-corrected chi connectivity index (χ3v) is 3.19. The molecular weight excluding hydrogens is 274 g/mol. The molecule has 0 unspecified atom stereocenters. The molecule has 3 rings (SSSR count). The van der Waals surface area contributed by atoms with Crippen molar-refractivity contribution in [2.45, 2.75) is 6.61 Å². The highest BCUT2D eigenvalue weighted by molar-refractivity contribution is 6.61. The number of anilines is 2. The molecule has 0 spiro atoms. The number of urea groups is 1. The van der Waals surface area contributed by atoms with Gasteiger partial charge in [0.15, 0.2) is 0 Å². The van der Waals surface area contributed by atoms with Crippen molar-refractivity contribution in [3.05, 3.63) is 53.8 Å². The molecule has 0 atom stereocenters. The minimum atomic E-state index is -0.976. The SMILES string of the molecule is O=C(Nc1ccc2c(c1)B(O)OC2)Nc1ccccc1F. The summed E-state index contributed by atoms with van der Waals surface area (Å²) in [5.74, 6) is -0.509. The average Bonchev–Trinajstić information content (AvgIpc) is 2.83. The van der Waals surface area contributed by atoms with E-state index in [9.17, 15) is 14.2 Å². The van der Waals surface area contributed by atoms with Gasteiger partial charge in [-0.3, -0.25) is 0 Å². The summed E-state index contributed by atoms with van der Waals surface area (Å²) in [6, 6.07) is 10.4. The second kappa shape index (κ2) is 5.55. The highest BCUT2D eigenvalue weighted by Gasteiger charge is 2.27. The van der Waals surface area contributed by atoms with Gasteiger partial charge >= 0.3 is 13.1 Å². The van der Waals surface area contributed by atoms with E-state index in [1.807, 2.05) is 0 Å². The average molecular weight is 286 g/mol. The lowest BCUT2D eigenvalue weighted by molar-refractivity contribution is 0.262. The Morgan fingerprint density at radius 2 is 2.05 bits per heavy atom. The van der Waals surface area contributed by atoms with E-state index in [2.05, 4.69) is 10.6 Å². The van der Waals surface area contributed by atoms with Crippen molar-refractivity contribution in [1.82, 2.24) is 0 Å². The number of hydrogen-bond acceptors (Lipinski definition) is 3. The zero-order chi connectivity index (χ0) is 14.8. The number of fused-ring (bicyclic) bond motifs is 1. The minimum absolute atomic E-state index is 0.0968. The Bertz CT molecular complexity index is 696. The fraction of sp³-hybridized carbons (Fsp3) is 0.0714. The molecule has 0 saturated heterocycles. The predicted octanol–water partition coefficient (Wildman–Crippen LogP) is 1.69. The van der Waals surface area contributed by atoms with Gasteiger partial charge in [0, 0.05) is 5.69 Å². The lowest BCUT2D eigenvalue weighted by atomic mass is 9.79. The maximum Gasteiger partial charge on any atom is 0.491 e. The summed E-state index contributed by atoms with van der Waals surface area (Å²) in [5, 5.41) is 14.6. The van der Waals surface area contributed by atoms with E-state index >= 15 is 0 Å². The lowest BCUT2D eigenvalue weighted by Gasteiger charge is -2.09. The van der Waals surface area contributed by atoms with Crippen molar-refractivity contribution >= 4 is 30.0 Å². The number of para-hydroxylation sites is 1. The van der Waals surface area contributed by atoms with Crippen LogP contribution in [0.3, 0.4) is 0 Å². The van der Waals surface area contributed by atoms with Crippen molar-refractivity contribution < 1.29 is 18.9 Å². The number of carbonyl (C=O) groups excluding carboxylic acids is 1. The number of nitrogens with one attached hydrogen (secondary N) is 2. The molecule has 1 aliphatic heterocycles. The smallest absolute Gasteiger partial charge is 0.423 e. The van der Waals surface area contributed by atoms with Crippen molar-refractivity contribution in [3.63, 3.8) is 0 Å². The first kappa shape index (κ1) is 13.6. The van der Waals surface area contributed by atoms with Gasteiger partial charge < -0.3 is 20.3 Å². The number of hydrogen-bond donors (Lipinski definition) is 3. The zero-order valence-electron chi connectivity index (χ0n) is 11.0. The van der Waals surface area contributed by atoms with Crippen molar-refractivity contribution in [2.75, 3.05) is 10.6 Å². The van der Waals surface area contributed by atoms with E-state index < -0.39 is 19.0 Å². The molecule has 2 aromatic rings. The topological polar surface area (TPSA) is 70.6 Å². The first-order valence-electron chi connectivity index (χ1n) is 6.38. The third kappa shape index (κ3) is 2.88. The summed E-state index contributed by atoms with van der Waals surface area (Å²) in [6.07, 6.45) is 0. The maximum atomic E-state index is 13.4. The molecule has 1 aliphatic rings. The monoisotopic (exact) mass is 286 g/mol. The van der Waals surface area contributed by atoms with E-state index in [1.165, 1.54) is 12.1 Å². The van der Waals surface area contributed by atoms with Crippen LogP contribution in [0.1, 0.15) is 5.56 Å². The third-order valence-electron chi connectivity index (χ3n) is 3.19. The van der Waals surface area contributed by atoms with Gasteiger partial charge in [0.05, 0.1) is 12.3 Å². The fourth-order valence-corrected chi connectivity index (χ4v) is 2.14. The molecule has 0 radical (unpaired) electrons. The van der Waals surface area contributed by atoms with Gasteiger partial charge in [-0.1, -0.05) is 18.2 Å². The van der Waals surface area contributed by atoms with Crippen LogP contribution < -0.4 is 16.1 Å². The summed E-state index contributed by atoms with van der Waals surface area (Å²) in [5.41, 5.74) is 2.09. The number of rotatable bonds is 2. The van der Waals surface area contributed by atoms with Crippen LogP contribution in [0.2, 0.25) is 0 Å². The van der Waals surface area contributed by atoms with Crippen molar-refractivity contribution in [1.29, 1.82) is 0 Å². The lowest BCUT2D eigenvalue weighted by Crippen LogP contribution is -2.29. The Morgan fingerprint density at radius 1 is 1.24 bits per heavy atom. The standard InChI is InChI=1S/C14H12BFN2O3/c16-12-3-1-2-4-13(12)18-14(19)17-10-6-5-9-8-21-15(20)11(9)7-10/h1-7,20H,8H2,(H2,17,18,19). The van der Waals surface area contributed by atoms with Gasteiger partial charge in [0.2, 0.25) is 0 Å². The Labute approximate surface area is 120 Å². The number of carbonyl (C=O) groups is 1. The maximum absolute atomic E-state index is 13.4. The molecule has 0 saturated carbocycles. The molecular formula is C14H12BFN2O3. The van der Waals surface area contributed by atoms with E-state index in [0.717, 1.165) is 5.56 Å². The van der Waals surface area contributed by atoms with Gasteiger partial charge in [-0.2, -0.15) is 0 Å². The van der Waals surface area contributed by atoms with Crippen LogP contribution in [0.25, 0.3) is 0 Å². The minimum Gasteiger partial charge on any atom is -0.423 e. The van der Waals surface area contributed by atoms with E-state index in [-0.39, 0.29) is 5.69 Å². The van der Waals surface area contributed by atoms with Crippen LogP contribution in [-0.2, 0) is 11.3 Å². The van der Waals surface area contributed by atoms with Crippen LogP contribution in [-0.4, -0.2) is 18.2 Å². The summed E-state index contributed by atoms with van der Waals surface area (Å²) >= 11 is 0. The Balaban J connectivity index is 1.71. The summed E-state index contributed by atoms with van der Waals surface area (Å²) in [7, 11) is -0.976. The van der Waals surface area contributed by atoms with E-state index in [0.29, 0.717) is 17.8 Å². The molecule has 3 N–H and O–H groups in total. The molecule has 106 valence electrons. The first-order valence-corrected chi connectivity index (χ1v) is 6.38. The molecule has 2 amide bonds. The van der Waals surface area contributed by atoms with E-state index in [4.69, 9.17) is 4.65 Å². The first-order chi connectivity index (χ1) is 10.1. The van der Waals surface area contributed by atoms with E-state index in [1.54, 1.807) is 30.3 Å². The molecule has 1 heterocycles. The quantitative estimate of drug-likeness (QED) is 0.736. The molecule has 0 aromatic heterocycles. The molecule has 2 aromatic carbocycles. The van der Waals surface area contributed by atoms with Gasteiger partial charge in [-0.05, 0) is 35.3 Å². The predicted molar refractivity (Wildman–Crippen MR) is 77.9 cm³/mol. The highest BCUT2D eigenvalue weighted by atomic mass is 19.1. The largest absolute Gasteiger partial charge is 0.491 e. The second-order valence-electron chi connectivity index (χ2n) is 4.64. The Kier molecular flexibility index (Phi) is 3.59. The normalized spacial score (nSPS) is 13.0. The number of benzene rings is 2. The summed E-state index contributed by atoms with van der Waals surface area (Å²) in [6.45, 7) is 0.345. The van der Waals surface area contributed by atoms with Gasteiger partial charge in [-0.25, -0.2) is 9.18 Å². The Morgan fingerprint density at radius 3 is 2.86 bits per heavy atom. The molecule has 7 heteroatoms. The van der Waals surface area contributed by atoms with Crippen LogP contribution in [0.5, 0.6) is 0 Å². The molecule has 0 fully saturated rings. The van der Waals surface area contributed by atoms with Crippen LogP contribution in [0, 0.1) is 5.82 Å². The van der Waals surface area contributed by atoms with Crippen LogP contribution >= 0.6 is 0 Å². The van der Waals surface area contributed by atoms with Crippen molar-refractivity contribution in [2.24, 2.45) is 0 Å². The zero-order valence-corrected chi connectivity index (χ0v) is 11.0. The molecule has 0 bridgehead atoms. The summed E-state index contributed by atoms with van der Waals surface area (Å²) in [4.78, 5) is 11.8. The van der Waals surface area contributed by atoms with Gasteiger partial charge in [0.1, 0.15) is 5.82 Å². The van der Waals surface area contributed by atoms with Crippen molar-refractivity contribution in [3.8, 4) is 0 Å². The number of halogens is 1. The highest BCUT2D eigenvalue weighted by Crippen LogP contribution is 2.16. The molecule has 5 nitrogen and oxygen atoms in total. The van der Waals surface area contributed by atoms with Gasteiger partial charge in [-0.15, -0.1) is 0 Å².